The Balaban J connectivity index is 1.47. The van der Waals surface area contributed by atoms with E-state index in [1.54, 1.807) is 6.07 Å². The maximum atomic E-state index is 12.9. The van der Waals surface area contributed by atoms with Gasteiger partial charge in [-0.2, -0.15) is 0 Å². The van der Waals surface area contributed by atoms with E-state index < -0.39 is 0 Å². The number of nitrogen functional groups attached to an aromatic ring is 1. The molecular formula is C29H29N5O2. The van der Waals surface area contributed by atoms with E-state index in [0.717, 1.165) is 64.7 Å². The highest BCUT2D eigenvalue weighted by Crippen LogP contribution is 2.33. The minimum atomic E-state index is -0.236. The summed E-state index contributed by atoms with van der Waals surface area (Å²) in [6.07, 6.45) is 6.52. The predicted molar refractivity (Wildman–Crippen MR) is 142 cm³/mol. The highest BCUT2D eigenvalue weighted by Gasteiger charge is 2.24. The van der Waals surface area contributed by atoms with E-state index in [9.17, 15) is 9.90 Å². The first-order valence-electron chi connectivity index (χ1n) is 12.2. The summed E-state index contributed by atoms with van der Waals surface area (Å²) in [5, 5.41) is 13.6. The maximum absolute atomic E-state index is 12.9. The van der Waals surface area contributed by atoms with Crippen LogP contribution in [0.25, 0.3) is 11.0 Å². The largest absolute Gasteiger partial charge is 0.393 e. The molecule has 1 aliphatic carbocycles. The Hall–Kier alpha value is -4.15. The lowest BCUT2D eigenvalue weighted by Crippen LogP contribution is -2.20. The lowest BCUT2D eigenvalue weighted by Gasteiger charge is -2.26. The van der Waals surface area contributed by atoms with Crippen LogP contribution in [0.5, 0.6) is 0 Å². The number of hydrogen-bond acceptors (Lipinski definition) is 5. The summed E-state index contributed by atoms with van der Waals surface area (Å²) in [4.78, 5) is 21.6. The number of aryl methyl sites for hydroxylation is 2. The first-order valence-corrected chi connectivity index (χ1v) is 12.2. The fraction of sp³-hybridized carbons (Fsp3) is 0.276. The third-order valence-corrected chi connectivity index (χ3v) is 6.81. The Kier molecular flexibility index (Phi) is 6.45. The molecule has 1 saturated carbocycles. The number of benzene rings is 2. The molecule has 0 unspecified atom stereocenters. The molecule has 36 heavy (non-hydrogen) atoms. The molecule has 1 aliphatic rings. The smallest absolute Gasteiger partial charge is 0.255 e. The number of anilines is 2. The minimum Gasteiger partial charge on any atom is -0.393 e. The number of fused-ring (bicyclic) bond motifs is 1. The third-order valence-electron chi connectivity index (χ3n) is 6.81. The number of aliphatic hydroxyl groups is 1. The number of carbonyl (C=O) groups is 1. The van der Waals surface area contributed by atoms with Gasteiger partial charge in [-0.05, 0) is 74.9 Å². The molecule has 1 fully saturated rings. The second-order valence-electron chi connectivity index (χ2n) is 9.47. The van der Waals surface area contributed by atoms with E-state index in [2.05, 4.69) is 31.7 Å². The number of aromatic nitrogens is 3. The second-order valence-corrected chi connectivity index (χ2v) is 9.47. The molecule has 4 aromatic rings. The second kappa shape index (κ2) is 9.84. The number of aliphatic hydroxyl groups excluding tert-OH is 1. The molecule has 0 aliphatic heterocycles. The quantitative estimate of drug-likeness (QED) is 0.368. The van der Waals surface area contributed by atoms with Crippen LogP contribution in [0.4, 0.5) is 11.5 Å². The Morgan fingerprint density at radius 3 is 2.61 bits per heavy atom. The topological polar surface area (TPSA) is 106 Å². The van der Waals surface area contributed by atoms with Gasteiger partial charge in [0.15, 0.2) is 0 Å². The molecule has 5 rings (SSSR count). The van der Waals surface area contributed by atoms with Gasteiger partial charge in [0.1, 0.15) is 17.8 Å². The van der Waals surface area contributed by atoms with Gasteiger partial charge in [0.25, 0.3) is 5.91 Å². The molecule has 0 atom stereocenters. The van der Waals surface area contributed by atoms with Crippen LogP contribution >= 0.6 is 0 Å². The summed E-state index contributed by atoms with van der Waals surface area (Å²) in [6.45, 7) is 3.96. The van der Waals surface area contributed by atoms with Crippen molar-refractivity contribution in [2.75, 3.05) is 11.1 Å². The zero-order valence-corrected chi connectivity index (χ0v) is 20.5. The van der Waals surface area contributed by atoms with Crippen LogP contribution in [0.3, 0.4) is 0 Å². The average molecular weight is 480 g/mol. The molecule has 0 saturated heterocycles. The van der Waals surface area contributed by atoms with Crippen LogP contribution in [-0.4, -0.2) is 31.7 Å². The van der Waals surface area contributed by atoms with Crippen LogP contribution in [0.2, 0.25) is 0 Å². The monoisotopic (exact) mass is 479 g/mol. The number of rotatable bonds is 3. The van der Waals surface area contributed by atoms with Crippen LogP contribution in [0, 0.1) is 25.7 Å². The SMILES string of the molecule is Cc1cccc(NC(=O)c2ccc(C)c(C#Cc3cn(C4CCC(O)CC4)c4ncnc(N)c34)c2)c1. The van der Waals surface area contributed by atoms with Crippen molar-refractivity contribution in [1.29, 1.82) is 0 Å². The molecule has 2 aromatic carbocycles. The number of nitrogens with zero attached hydrogens (tertiary/aromatic N) is 3. The molecule has 7 nitrogen and oxygen atoms in total. The molecule has 0 radical (unpaired) electrons. The average Bonchev–Trinajstić information content (AvgIpc) is 3.24. The van der Waals surface area contributed by atoms with E-state index in [4.69, 9.17) is 5.73 Å². The summed E-state index contributed by atoms with van der Waals surface area (Å²) in [7, 11) is 0. The van der Waals surface area contributed by atoms with Gasteiger partial charge in [-0.25, -0.2) is 9.97 Å². The zero-order valence-electron chi connectivity index (χ0n) is 20.5. The fourth-order valence-electron chi connectivity index (χ4n) is 4.78. The Bertz CT molecular complexity index is 1500. The first kappa shape index (κ1) is 23.6. The van der Waals surface area contributed by atoms with Crippen LogP contribution in [0.15, 0.2) is 55.0 Å². The molecule has 2 heterocycles. The standard InChI is InChI=1S/C29H29N5O2/c1-18-4-3-5-23(14-18)33-29(36)21-7-6-19(2)20(15-21)8-9-22-16-34(24-10-12-25(35)13-11-24)28-26(22)27(30)31-17-32-28/h3-7,14-17,24-25,35H,10-13H2,1-2H3,(H,33,36)(H2,30,31,32). The molecule has 0 spiro atoms. The van der Waals surface area contributed by atoms with Crippen molar-refractivity contribution >= 4 is 28.4 Å². The Morgan fingerprint density at radius 1 is 1.06 bits per heavy atom. The highest BCUT2D eigenvalue weighted by atomic mass is 16.3. The van der Waals surface area contributed by atoms with Gasteiger partial charge in [-0.3, -0.25) is 4.79 Å². The summed E-state index contributed by atoms with van der Waals surface area (Å²) < 4.78 is 2.13. The van der Waals surface area contributed by atoms with Gasteiger partial charge in [-0.1, -0.05) is 30.0 Å². The van der Waals surface area contributed by atoms with E-state index in [-0.39, 0.29) is 18.1 Å². The molecule has 1 amide bonds. The Morgan fingerprint density at radius 2 is 1.83 bits per heavy atom. The van der Waals surface area contributed by atoms with Gasteiger partial charge in [-0.15, -0.1) is 0 Å². The fourth-order valence-corrected chi connectivity index (χ4v) is 4.78. The Labute approximate surface area is 210 Å². The normalized spacial score (nSPS) is 17.4. The summed E-state index contributed by atoms with van der Waals surface area (Å²) in [5.41, 5.74) is 11.9. The van der Waals surface area contributed by atoms with E-state index in [1.807, 2.05) is 56.4 Å². The predicted octanol–water partition coefficient (Wildman–Crippen LogP) is 4.76. The summed E-state index contributed by atoms with van der Waals surface area (Å²) in [5.74, 6) is 6.72. The molecule has 182 valence electrons. The van der Waals surface area contributed by atoms with E-state index >= 15 is 0 Å². The zero-order chi connectivity index (χ0) is 25.2. The van der Waals surface area contributed by atoms with Gasteiger partial charge >= 0.3 is 0 Å². The molecule has 2 aromatic heterocycles. The third kappa shape index (κ3) is 4.81. The lowest BCUT2D eigenvalue weighted by molar-refractivity contribution is 0.102. The van der Waals surface area contributed by atoms with Gasteiger partial charge in [0.2, 0.25) is 0 Å². The van der Waals surface area contributed by atoms with E-state index in [1.165, 1.54) is 6.33 Å². The number of amides is 1. The van der Waals surface area contributed by atoms with Crippen molar-refractivity contribution in [2.24, 2.45) is 0 Å². The number of nitrogens with one attached hydrogen (secondary N) is 1. The molecule has 7 heteroatoms. The van der Waals surface area contributed by atoms with Gasteiger partial charge in [0, 0.05) is 29.1 Å². The maximum Gasteiger partial charge on any atom is 0.255 e. The number of hydrogen-bond donors (Lipinski definition) is 3. The van der Waals surface area contributed by atoms with Gasteiger partial charge < -0.3 is 20.7 Å². The molecule has 4 N–H and O–H groups in total. The van der Waals surface area contributed by atoms with Crippen molar-refractivity contribution in [3.05, 3.63) is 82.8 Å². The van der Waals surface area contributed by atoms with Crippen molar-refractivity contribution in [3.63, 3.8) is 0 Å². The van der Waals surface area contributed by atoms with Crippen LogP contribution in [0.1, 0.15) is 64.3 Å². The first-order chi connectivity index (χ1) is 17.4. The number of nitrogens with two attached hydrogens (primary N) is 1. The van der Waals surface area contributed by atoms with Crippen molar-refractivity contribution < 1.29 is 9.90 Å². The van der Waals surface area contributed by atoms with Crippen LogP contribution < -0.4 is 11.1 Å². The number of carbonyl (C=O) groups excluding carboxylic acids is 1. The summed E-state index contributed by atoms with van der Waals surface area (Å²) >= 11 is 0. The van der Waals surface area contributed by atoms with Crippen molar-refractivity contribution in [3.8, 4) is 11.8 Å². The van der Waals surface area contributed by atoms with Gasteiger partial charge in [0.05, 0.1) is 17.1 Å². The molecule has 0 bridgehead atoms. The molecular weight excluding hydrogens is 450 g/mol. The minimum absolute atomic E-state index is 0.183. The van der Waals surface area contributed by atoms with Crippen LogP contribution in [-0.2, 0) is 0 Å². The highest BCUT2D eigenvalue weighted by molar-refractivity contribution is 6.04. The van der Waals surface area contributed by atoms with Crippen molar-refractivity contribution in [1.82, 2.24) is 14.5 Å². The van der Waals surface area contributed by atoms with Crippen molar-refractivity contribution in [2.45, 2.75) is 51.7 Å². The van der Waals surface area contributed by atoms with E-state index in [0.29, 0.717) is 11.4 Å². The lowest BCUT2D eigenvalue weighted by atomic mass is 9.93. The summed E-state index contributed by atoms with van der Waals surface area (Å²) in [6, 6.07) is 13.5.